The molecular formula is C19H22Cl2N2O3S. The number of sulfonamides is 1. The first-order valence-corrected chi connectivity index (χ1v) is 10.6. The van der Waals surface area contributed by atoms with Gasteiger partial charge in [0.05, 0.1) is 20.6 Å². The summed E-state index contributed by atoms with van der Waals surface area (Å²) >= 11 is 12.0. The number of nitrogens with one attached hydrogen (secondary N) is 1. The molecule has 0 aromatic heterocycles. The number of carbonyl (C=O) groups excluding carboxylic acids is 1. The van der Waals surface area contributed by atoms with Gasteiger partial charge in [-0.25, -0.2) is 8.42 Å². The molecule has 0 saturated heterocycles. The summed E-state index contributed by atoms with van der Waals surface area (Å²) in [6.45, 7) is 5.45. The zero-order valence-corrected chi connectivity index (χ0v) is 17.6. The van der Waals surface area contributed by atoms with Gasteiger partial charge in [-0.1, -0.05) is 55.2 Å². The number of hydrogen-bond acceptors (Lipinski definition) is 3. The molecule has 0 radical (unpaired) electrons. The molecule has 0 bridgehead atoms. The first kappa shape index (κ1) is 21.5. The van der Waals surface area contributed by atoms with Crippen molar-refractivity contribution in [2.24, 2.45) is 5.92 Å². The smallest absolute Gasteiger partial charge is 0.264 e. The van der Waals surface area contributed by atoms with E-state index in [1.54, 1.807) is 18.2 Å². The fraction of sp³-hybridized carbons (Fsp3) is 0.316. The van der Waals surface area contributed by atoms with E-state index in [4.69, 9.17) is 23.2 Å². The Bertz CT molecular complexity index is 902. The van der Waals surface area contributed by atoms with Crippen LogP contribution < -0.4 is 9.62 Å². The number of rotatable bonds is 7. The van der Waals surface area contributed by atoms with Crippen molar-refractivity contribution < 1.29 is 13.2 Å². The van der Waals surface area contributed by atoms with E-state index >= 15 is 0 Å². The van der Waals surface area contributed by atoms with Crippen LogP contribution in [0.3, 0.4) is 0 Å². The molecule has 2 aromatic carbocycles. The van der Waals surface area contributed by atoms with Crippen LogP contribution in [0.2, 0.25) is 10.0 Å². The molecule has 2 aromatic rings. The van der Waals surface area contributed by atoms with Crippen molar-refractivity contribution in [2.75, 3.05) is 10.8 Å². The molecular weight excluding hydrogens is 407 g/mol. The monoisotopic (exact) mass is 428 g/mol. The topological polar surface area (TPSA) is 66.5 Å². The minimum Gasteiger partial charge on any atom is -0.352 e. The summed E-state index contributed by atoms with van der Waals surface area (Å²) < 4.78 is 27.3. The van der Waals surface area contributed by atoms with Gasteiger partial charge >= 0.3 is 0 Å². The Kier molecular flexibility index (Phi) is 7.14. The Hall–Kier alpha value is -1.76. The van der Waals surface area contributed by atoms with Crippen LogP contribution in [0.1, 0.15) is 20.8 Å². The minimum atomic E-state index is -3.96. The minimum absolute atomic E-state index is 0.0841. The van der Waals surface area contributed by atoms with Gasteiger partial charge in [-0.2, -0.15) is 0 Å². The van der Waals surface area contributed by atoms with Gasteiger partial charge in [0, 0.05) is 6.04 Å². The summed E-state index contributed by atoms with van der Waals surface area (Å²) in [7, 11) is -3.96. The first-order chi connectivity index (χ1) is 12.6. The van der Waals surface area contributed by atoms with Crippen LogP contribution in [0.25, 0.3) is 0 Å². The highest BCUT2D eigenvalue weighted by Gasteiger charge is 2.28. The number of nitrogens with zero attached hydrogens (tertiary/aromatic N) is 1. The van der Waals surface area contributed by atoms with Crippen LogP contribution in [0.4, 0.5) is 5.69 Å². The zero-order chi connectivity index (χ0) is 20.2. The molecule has 0 aliphatic carbocycles. The van der Waals surface area contributed by atoms with E-state index in [2.05, 4.69) is 5.32 Å². The quantitative estimate of drug-likeness (QED) is 0.712. The molecule has 146 valence electrons. The SMILES string of the molecule is CC(C)C(C)NC(=O)CN(c1ccc(Cl)c(Cl)c1)S(=O)(=O)c1ccccc1. The van der Waals surface area contributed by atoms with Crippen molar-refractivity contribution >= 4 is 44.8 Å². The van der Waals surface area contributed by atoms with Gasteiger partial charge in [-0.15, -0.1) is 0 Å². The van der Waals surface area contributed by atoms with E-state index in [-0.39, 0.29) is 34.1 Å². The molecule has 0 fully saturated rings. The second-order valence-corrected chi connectivity index (χ2v) is 9.20. The number of halogens is 2. The van der Waals surface area contributed by atoms with Crippen LogP contribution in [0, 0.1) is 5.92 Å². The van der Waals surface area contributed by atoms with Crippen molar-refractivity contribution in [3.63, 3.8) is 0 Å². The Balaban J connectivity index is 2.43. The number of carbonyl (C=O) groups is 1. The molecule has 0 heterocycles. The summed E-state index contributed by atoms with van der Waals surface area (Å²) in [5.74, 6) is -0.181. The summed E-state index contributed by atoms with van der Waals surface area (Å²) in [5, 5.41) is 3.33. The van der Waals surface area contributed by atoms with Crippen molar-refractivity contribution in [3.8, 4) is 0 Å². The van der Waals surface area contributed by atoms with Crippen molar-refractivity contribution in [3.05, 3.63) is 58.6 Å². The van der Waals surface area contributed by atoms with E-state index in [0.29, 0.717) is 5.02 Å². The molecule has 0 aliphatic rings. The van der Waals surface area contributed by atoms with Gasteiger partial charge in [-0.05, 0) is 43.2 Å². The lowest BCUT2D eigenvalue weighted by Gasteiger charge is -2.26. The normalized spacial score (nSPS) is 12.7. The van der Waals surface area contributed by atoms with Gasteiger partial charge in [0.25, 0.3) is 10.0 Å². The maximum atomic E-state index is 13.2. The lowest BCUT2D eigenvalue weighted by molar-refractivity contribution is -0.120. The van der Waals surface area contributed by atoms with Gasteiger partial charge in [0.1, 0.15) is 6.54 Å². The standard InChI is InChI=1S/C19H22Cl2N2O3S/c1-13(2)14(3)22-19(24)12-23(15-9-10-17(20)18(21)11-15)27(25,26)16-7-5-4-6-8-16/h4-11,13-14H,12H2,1-3H3,(H,22,24). The maximum Gasteiger partial charge on any atom is 0.264 e. The lowest BCUT2D eigenvalue weighted by atomic mass is 10.1. The molecule has 8 heteroatoms. The van der Waals surface area contributed by atoms with E-state index in [0.717, 1.165) is 4.31 Å². The van der Waals surface area contributed by atoms with Crippen molar-refractivity contribution in [1.29, 1.82) is 0 Å². The second kappa shape index (κ2) is 8.95. The van der Waals surface area contributed by atoms with Crippen molar-refractivity contribution in [1.82, 2.24) is 5.32 Å². The predicted octanol–water partition coefficient (Wildman–Crippen LogP) is 4.35. The van der Waals surface area contributed by atoms with Crippen molar-refractivity contribution in [2.45, 2.75) is 31.7 Å². The predicted molar refractivity (Wildman–Crippen MR) is 110 cm³/mol. The molecule has 1 amide bonds. The third-order valence-electron chi connectivity index (χ3n) is 4.20. The lowest BCUT2D eigenvalue weighted by Crippen LogP contribution is -2.45. The van der Waals surface area contributed by atoms with Crippen LogP contribution >= 0.6 is 23.2 Å². The first-order valence-electron chi connectivity index (χ1n) is 8.45. The average molecular weight is 429 g/mol. The number of anilines is 1. The summed E-state index contributed by atoms with van der Waals surface area (Å²) in [5.41, 5.74) is 0.264. The van der Waals surface area contributed by atoms with Gasteiger partial charge < -0.3 is 5.32 Å². The highest BCUT2D eigenvalue weighted by molar-refractivity contribution is 7.92. The Morgan fingerprint density at radius 2 is 1.67 bits per heavy atom. The molecule has 5 nitrogen and oxygen atoms in total. The number of amides is 1. The van der Waals surface area contributed by atoms with Crippen LogP contribution in [0.15, 0.2) is 53.4 Å². The van der Waals surface area contributed by atoms with Crippen LogP contribution in [-0.4, -0.2) is 26.9 Å². The van der Waals surface area contributed by atoms with E-state index in [1.807, 2.05) is 20.8 Å². The molecule has 1 unspecified atom stereocenters. The molecule has 27 heavy (non-hydrogen) atoms. The average Bonchev–Trinajstić information content (AvgIpc) is 2.62. The highest BCUT2D eigenvalue weighted by Crippen LogP contribution is 2.30. The maximum absolute atomic E-state index is 13.2. The number of hydrogen-bond donors (Lipinski definition) is 1. The number of benzene rings is 2. The van der Waals surface area contributed by atoms with E-state index in [9.17, 15) is 13.2 Å². The molecule has 0 spiro atoms. The third kappa shape index (κ3) is 5.37. The van der Waals surface area contributed by atoms with Gasteiger partial charge in [0.15, 0.2) is 0 Å². The molecule has 1 N–H and O–H groups in total. The fourth-order valence-electron chi connectivity index (χ4n) is 2.27. The fourth-order valence-corrected chi connectivity index (χ4v) is 4.00. The Morgan fingerprint density at radius 3 is 2.22 bits per heavy atom. The highest BCUT2D eigenvalue weighted by atomic mass is 35.5. The molecule has 1 atom stereocenters. The summed E-state index contributed by atoms with van der Waals surface area (Å²) in [6.07, 6.45) is 0. The summed E-state index contributed by atoms with van der Waals surface area (Å²) in [4.78, 5) is 12.6. The Labute approximate surface area is 170 Å². The molecule has 2 rings (SSSR count). The third-order valence-corrected chi connectivity index (χ3v) is 6.73. The Morgan fingerprint density at radius 1 is 1.04 bits per heavy atom. The largest absolute Gasteiger partial charge is 0.352 e. The second-order valence-electron chi connectivity index (χ2n) is 6.52. The molecule has 0 aliphatic heterocycles. The summed E-state index contributed by atoms with van der Waals surface area (Å²) in [6, 6.07) is 12.3. The van der Waals surface area contributed by atoms with Gasteiger partial charge in [-0.3, -0.25) is 9.10 Å². The van der Waals surface area contributed by atoms with Crippen LogP contribution in [0.5, 0.6) is 0 Å². The van der Waals surface area contributed by atoms with E-state index < -0.39 is 15.9 Å². The van der Waals surface area contributed by atoms with Crippen LogP contribution in [-0.2, 0) is 14.8 Å². The van der Waals surface area contributed by atoms with Gasteiger partial charge in [0.2, 0.25) is 5.91 Å². The molecule has 0 saturated carbocycles. The zero-order valence-electron chi connectivity index (χ0n) is 15.3. The van der Waals surface area contributed by atoms with E-state index in [1.165, 1.54) is 30.3 Å².